The average molecular weight is 490 g/mol. The van der Waals surface area contributed by atoms with Crippen LogP contribution in [0.4, 0.5) is 5.13 Å². The van der Waals surface area contributed by atoms with Crippen LogP contribution in [0.3, 0.4) is 0 Å². The lowest BCUT2D eigenvalue weighted by molar-refractivity contribution is -0.120. The van der Waals surface area contributed by atoms with Crippen molar-refractivity contribution < 1.29 is 23.5 Å². The molecular formula is C22H23N3O6S2. The standard InChI is InChI=1S/C22H23N3O6S2/c1-4-13(5-2)19(27)23-21-24-25-22(33-21)32-12-14-10-16(26)18(11-30-14)31-20(28)15-8-6-7-9-17(15)29-3/h6-11,13H,4-5,12H2,1-3H3,(H,23,24,27). The van der Waals surface area contributed by atoms with Gasteiger partial charge in [-0.15, -0.1) is 10.2 Å². The highest BCUT2D eigenvalue weighted by molar-refractivity contribution is 8.00. The number of nitrogens with one attached hydrogen (secondary N) is 1. The molecule has 0 bridgehead atoms. The molecule has 0 unspecified atom stereocenters. The largest absolute Gasteiger partial charge is 0.496 e. The highest BCUT2D eigenvalue weighted by Gasteiger charge is 2.18. The summed E-state index contributed by atoms with van der Waals surface area (Å²) in [4.78, 5) is 36.9. The van der Waals surface area contributed by atoms with Crippen LogP contribution in [0.25, 0.3) is 0 Å². The maximum Gasteiger partial charge on any atom is 0.347 e. The highest BCUT2D eigenvalue weighted by Crippen LogP contribution is 2.29. The van der Waals surface area contributed by atoms with Gasteiger partial charge in [0.2, 0.25) is 22.2 Å². The van der Waals surface area contributed by atoms with Gasteiger partial charge >= 0.3 is 5.97 Å². The summed E-state index contributed by atoms with van der Waals surface area (Å²) in [5.74, 6) is -0.0506. The van der Waals surface area contributed by atoms with Crippen LogP contribution in [0.5, 0.6) is 11.5 Å². The first-order valence-corrected chi connectivity index (χ1v) is 12.0. The zero-order valence-electron chi connectivity index (χ0n) is 18.3. The second-order valence-corrected chi connectivity index (χ2v) is 9.03. The molecule has 3 rings (SSSR count). The van der Waals surface area contributed by atoms with Gasteiger partial charge in [0, 0.05) is 12.0 Å². The first-order valence-electron chi connectivity index (χ1n) is 10.2. The summed E-state index contributed by atoms with van der Waals surface area (Å²) in [6.45, 7) is 3.93. The molecule has 174 valence electrons. The molecule has 1 amide bonds. The van der Waals surface area contributed by atoms with Crippen LogP contribution >= 0.6 is 23.1 Å². The highest BCUT2D eigenvalue weighted by atomic mass is 32.2. The molecule has 0 atom stereocenters. The van der Waals surface area contributed by atoms with Crippen molar-refractivity contribution in [1.29, 1.82) is 0 Å². The number of hydrogen-bond acceptors (Lipinski definition) is 10. The maximum absolute atomic E-state index is 12.4. The zero-order chi connectivity index (χ0) is 23.8. The number of para-hydroxylation sites is 1. The van der Waals surface area contributed by atoms with Gasteiger partial charge in [-0.3, -0.25) is 9.59 Å². The summed E-state index contributed by atoms with van der Waals surface area (Å²) in [5.41, 5.74) is -0.294. The Balaban J connectivity index is 1.59. The molecular weight excluding hydrogens is 466 g/mol. The monoisotopic (exact) mass is 489 g/mol. The van der Waals surface area contributed by atoms with E-state index < -0.39 is 11.4 Å². The van der Waals surface area contributed by atoms with Crippen LogP contribution in [-0.4, -0.2) is 29.2 Å². The number of esters is 1. The fraction of sp³-hybridized carbons (Fsp3) is 0.318. The molecule has 0 fully saturated rings. The van der Waals surface area contributed by atoms with Gasteiger partial charge in [-0.25, -0.2) is 4.79 Å². The number of anilines is 1. The number of benzene rings is 1. The van der Waals surface area contributed by atoms with Crippen molar-refractivity contribution >= 4 is 40.1 Å². The van der Waals surface area contributed by atoms with E-state index in [-0.39, 0.29) is 23.1 Å². The Morgan fingerprint density at radius 1 is 1.18 bits per heavy atom. The van der Waals surface area contributed by atoms with Crippen molar-refractivity contribution in [2.45, 2.75) is 36.8 Å². The van der Waals surface area contributed by atoms with E-state index in [2.05, 4.69) is 15.5 Å². The van der Waals surface area contributed by atoms with Gasteiger partial charge in [-0.2, -0.15) is 0 Å². The molecule has 1 N–H and O–H groups in total. The number of amides is 1. The minimum Gasteiger partial charge on any atom is -0.496 e. The first-order chi connectivity index (χ1) is 15.9. The normalized spacial score (nSPS) is 10.8. The Hall–Kier alpha value is -3.18. The van der Waals surface area contributed by atoms with E-state index in [0.29, 0.717) is 26.7 Å². The molecule has 33 heavy (non-hydrogen) atoms. The van der Waals surface area contributed by atoms with Crippen LogP contribution < -0.4 is 20.2 Å². The predicted molar refractivity (Wildman–Crippen MR) is 125 cm³/mol. The molecule has 3 aromatic rings. The quantitative estimate of drug-likeness (QED) is 0.251. The summed E-state index contributed by atoms with van der Waals surface area (Å²) in [5, 5.41) is 11.2. The first kappa shape index (κ1) is 24.5. The van der Waals surface area contributed by atoms with E-state index in [9.17, 15) is 14.4 Å². The number of aromatic nitrogens is 2. The van der Waals surface area contributed by atoms with Crippen molar-refractivity contribution in [2.75, 3.05) is 12.4 Å². The number of methoxy groups -OCH3 is 1. The molecule has 0 saturated heterocycles. The summed E-state index contributed by atoms with van der Waals surface area (Å²) in [7, 11) is 1.44. The van der Waals surface area contributed by atoms with Crippen molar-refractivity contribution in [3.05, 3.63) is 58.1 Å². The molecule has 9 nitrogen and oxygen atoms in total. The van der Waals surface area contributed by atoms with Crippen LogP contribution in [0, 0.1) is 5.92 Å². The van der Waals surface area contributed by atoms with Crippen LogP contribution in [0.1, 0.15) is 42.8 Å². The summed E-state index contributed by atoms with van der Waals surface area (Å²) in [6, 6.07) is 7.80. The number of nitrogens with zero attached hydrogens (tertiary/aromatic N) is 2. The molecule has 0 radical (unpaired) electrons. The van der Waals surface area contributed by atoms with Gasteiger partial charge in [0.1, 0.15) is 23.3 Å². The third-order valence-corrected chi connectivity index (χ3v) is 6.71. The molecule has 2 heterocycles. The van der Waals surface area contributed by atoms with Gasteiger partial charge in [0.25, 0.3) is 0 Å². The Morgan fingerprint density at radius 2 is 1.94 bits per heavy atom. The van der Waals surface area contributed by atoms with Crippen LogP contribution in [0.15, 0.2) is 50.1 Å². The Bertz CT molecular complexity index is 1170. The van der Waals surface area contributed by atoms with Gasteiger partial charge in [0.15, 0.2) is 4.34 Å². The van der Waals surface area contributed by atoms with Crippen molar-refractivity contribution in [2.24, 2.45) is 5.92 Å². The molecule has 0 spiro atoms. The van der Waals surface area contributed by atoms with Crippen molar-refractivity contribution in [3.8, 4) is 11.5 Å². The Labute approximate surface area is 198 Å². The van der Waals surface area contributed by atoms with Crippen LogP contribution in [0.2, 0.25) is 0 Å². The molecule has 2 aromatic heterocycles. The lowest BCUT2D eigenvalue weighted by Gasteiger charge is -2.09. The Kier molecular flexibility index (Phi) is 8.61. The SMILES string of the molecule is CCC(CC)C(=O)Nc1nnc(SCc2cc(=O)c(OC(=O)c3ccccc3OC)co2)s1. The number of carbonyl (C=O) groups is 2. The fourth-order valence-corrected chi connectivity index (χ4v) is 4.52. The lowest BCUT2D eigenvalue weighted by Crippen LogP contribution is -2.21. The number of hydrogen-bond donors (Lipinski definition) is 1. The smallest absolute Gasteiger partial charge is 0.347 e. The van der Waals surface area contributed by atoms with Crippen LogP contribution in [-0.2, 0) is 10.5 Å². The molecule has 11 heteroatoms. The average Bonchev–Trinajstić information content (AvgIpc) is 3.27. The molecule has 0 saturated carbocycles. The van der Waals surface area contributed by atoms with Crippen molar-refractivity contribution in [1.82, 2.24) is 10.2 Å². The third-order valence-electron chi connectivity index (χ3n) is 4.71. The van der Waals surface area contributed by atoms with Gasteiger partial charge < -0.3 is 19.2 Å². The van der Waals surface area contributed by atoms with Gasteiger partial charge in [-0.05, 0) is 25.0 Å². The van der Waals surface area contributed by atoms with E-state index in [1.165, 1.54) is 42.3 Å². The minimum atomic E-state index is -0.723. The molecule has 0 aliphatic rings. The lowest BCUT2D eigenvalue weighted by atomic mass is 10.0. The molecule has 0 aliphatic heterocycles. The molecule has 0 aliphatic carbocycles. The summed E-state index contributed by atoms with van der Waals surface area (Å²) in [6.07, 6.45) is 2.62. The number of thioether (sulfide) groups is 1. The Morgan fingerprint density at radius 3 is 2.64 bits per heavy atom. The number of ether oxygens (including phenoxy) is 2. The predicted octanol–water partition coefficient (Wildman–Crippen LogP) is 4.39. The van der Waals surface area contributed by atoms with Crippen molar-refractivity contribution in [3.63, 3.8) is 0 Å². The number of carbonyl (C=O) groups excluding carboxylic acids is 2. The van der Waals surface area contributed by atoms with E-state index in [1.807, 2.05) is 13.8 Å². The topological polar surface area (TPSA) is 121 Å². The zero-order valence-corrected chi connectivity index (χ0v) is 20.0. The fourth-order valence-electron chi connectivity index (χ4n) is 2.88. The van der Waals surface area contributed by atoms with Gasteiger partial charge in [-0.1, -0.05) is 49.1 Å². The third kappa shape index (κ3) is 6.42. The maximum atomic E-state index is 12.4. The summed E-state index contributed by atoms with van der Waals surface area (Å²) >= 11 is 2.55. The van der Waals surface area contributed by atoms with E-state index in [0.717, 1.165) is 19.1 Å². The number of rotatable bonds is 10. The van der Waals surface area contributed by atoms with E-state index in [4.69, 9.17) is 13.9 Å². The van der Waals surface area contributed by atoms with E-state index in [1.54, 1.807) is 18.2 Å². The second-order valence-electron chi connectivity index (χ2n) is 6.83. The van der Waals surface area contributed by atoms with Gasteiger partial charge in [0.05, 0.1) is 12.9 Å². The molecule has 1 aromatic carbocycles. The summed E-state index contributed by atoms with van der Waals surface area (Å²) < 4.78 is 16.4. The minimum absolute atomic E-state index is 0.0603. The second kappa shape index (κ2) is 11.6. The van der Waals surface area contributed by atoms with E-state index >= 15 is 0 Å².